The van der Waals surface area contributed by atoms with Crippen LogP contribution in [0.3, 0.4) is 0 Å². The highest BCUT2D eigenvalue weighted by Gasteiger charge is 2.30. The van der Waals surface area contributed by atoms with Crippen LogP contribution in [-0.2, 0) is 24.3 Å². The van der Waals surface area contributed by atoms with Gasteiger partial charge in [-0.15, -0.1) is 0 Å². The van der Waals surface area contributed by atoms with Crippen molar-refractivity contribution in [2.45, 2.75) is 32.5 Å². The summed E-state index contributed by atoms with van der Waals surface area (Å²) in [6.45, 7) is 3.48. The average Bonchev–Trinajstić information content (AvgIpc) is 3.16. The average molecular weight is 405 g/mol. The number of hydrogen-bond donors (Lipinski definition) is 2. The summed E-state index contributed by atoms with van der Waals surface area (Å²) in [6.07, 6.45) is 5.46. The molecule has 2 aromatic heterocycles. The van der Waals surface area contributed by atoms with E-state index in [2.05, 4.69) is 15.3 Å². The van der Waals surface area contributed by atoms with Crippen molar-refractivity contribution < 1.29 is 14.7 Å². The standard InChI is InChI=1S/C22H23N5O3/c1-15-21-25-18(11-20(29)24-13-16-4-3-7-23-12-16)14-26(21)8-9-27(15)22(30)17-5-2-6-19(28)10-17/h2-7,10,12,14-15,28H,8-9,11,13H2,1H3,(H,24,29)/t15-/m1/s1. The van der Waals surface area contributed by atoms with E-state index in [4.69, 9.17) is 0 Å². The van der Waals surface area contributed by atoms with Crippen LogP contribution in [0.2, 0.25) is 0 Å². The summed E-state index contributed by atoms with van der Waals surface area (Å²) in [4.78, 5) is 35.6. The summed E-state index contributed by atoms with van der Waals surface area (Å²) in [5, 5.41) is 12.5. The minimum absolute atomic E-state index is 0.0617. The zero-order valence-corrected chi connectivity index (χ0v) is 16.7. The Morgan fingerprint density at radius 1 is 1.23 bits per heavy atom. The molecule has 2 N–H and O–H groups in total. The Bertz CT molecular complexity index is 1060. The number of phenolic OH excluding ortho intramolecular Hbond substituents is 1. The molecule has 1 aliphatic rings. The van der Waals surface area contributed by atoms with Crippen molar-refractivity contribution in [3.05, 3.63) is 77.6 Å². The smallest absolute Gasteiger partial charge is 0.254 e. The first-order valence-electron chi connectivity index (χ1n) is 9.83. The van der Waals surface area contributed by atoms with Crippen LogP contribution in [0.25, 0.3) is 0 Å². The highest BCUT2D eigenvalue weighted by Crippen LogP contribution is 2.27. The van der Waals surface area contributed by atoms with Crippen LogP contribution >= 0.6 is 0 Å². The zero-order valence-electron chi connectivity index (χ0n) is 16.7. The van der Waals surface area contributed by atoms with Gasteiger partial charge in [-0.3, -0.25) is 14.6 Å². The summed E-state index contributed by atoms with van der Waals surface area (Å²) >= 11 is 0. The number of phenols is 1. The molecule has 0 fully saturated rings. The number of pyridine rings is 1. The predicted octanol–water partition coefficient (Wildman–Crippen LogP) is 2.06. The monoisotopic (exact) mass is 405 g/mol. The third-order valence-electron chi connectivity index (χ3n) is 5.19. The van der Waals surface area contributed by atoms with Gasteiger partial charge in [0.2, 0.25) is 5.91 Å². The van der Waals surface area contributed by atoms with Crippen LogP contribution in [0.1, 0.15) is 40.4 Å². The number of aromatic nitrogens is 3. The molecule has 1 aromatic carbocycles. The lowest BCUT2D eigenvalue weighted by atomic mass is 10.1. The van der Waals surface area contributed by atoms with E-state index >= 15 is 0 Å². The number of nitrogens with zero attached hydrogens (tertiary/aromatic N) is 4. The topological polar surface area (TPSA) is 100 Å². The van der Waals surface area contributed by atoms with Gasteiger partial charge in [-0.1, -0.05) is 12.1 Å². The van der Waals surface area contributed by atoms with Crippen molar-refractivity contribution in [2.24, 2.45) is 0 Å². The number of fused-ring (bicyclic) bond motifs is 1. The molecule has 0 saturated carbocycles. The van der Waals surface area contributed by atoms with Crippen molar-refractivity contribution in [2.75, 3.05) is 6.54 Å². The highest BCUT2D eigenvalue weighted by atomic mass is 16.3. The predicted molar refractivity (Wildman–Crippen MR) is 110 cm³/mol. The Balaban J connectivity index is 1.42. The first-order chi connectivity index (χ1) is 14.5. The third kappa shape index (κ3) is 4.17. The van der Waals surface area contributed by atoms with Gasteiger partial charge in [-0.25, -0.2) is 4.98 Å². The molecule has 2 amide bonds. The fourth-order valence-electron chi connectivity index (χ4n) is 3.64. The Morgan fingerprint density at radius 2 is 2.10 bits per heavy atom. The van der Waals surface area contributed by atoms with Gasteiger partial charge in [0, 0.05) is 43.8 Å². The Hall–Kier alpha value is -3.68. The van der Waals surface area contributed by atoms with Crippen molar-refractivity contribution in [1.82, 2.24) is 24.8 Å². The summed E-state index contributed by atoms with van der Waals surface area (Å²) in [5.74, 6) is 0.550. The molecule has 3 aromatic rings. The number of aromatic hydroxyl groups is 1. The molecule has 0 spiro atoms. The van der Waals surface area contributed by atoms with Gasteiger partial charge in [0.15, 0.2) is 0 Å². The van der Waals surface area contributed by atoms with E-state index in [1.807, 2.05) is 29.8 Å². The summed E-state index contributed by atoms with van der Waals surface area (Å²) in [7, 11) is 0. The fraction of sp³-hybridized carbons (Fsp3) is 0.273. The lowest BCUT2D eigenvalue weighted by Gasteiger charge is -2.33. The molecule has 0 aliphatic carbocycles. The van der Waals surface area contributed by atoms with Crippen LogP contribution in [0.5, 0.6) is 5.75 Å². The van der Waals surface area contributed by atoms with Crippen LogP contribution in [0.4, 0.5) is 0 Å². The van der Waals surface area contributed by atoms with Gasteiger partial charge in [-0.2, -0.15) is 0 Å². The third-order valence-corrected chi connectivity index (χ3v) is 5.19. The Morgan fingerprint density at radius 3 is 2.87 bits per heavy atom. The molecule has 0 radical (unpaired) electrons. The molecule has 1 atom stereocenters. The Kier molecular flexibility index (Phi) is 5.47. The summed E-state index contributed by atoms with van der Waals surface area (Å²) < 4.78 is 2.00. The van der Waals surface area contributed by atoms with Crippen LogP contribution in [0.15, 0.2) is 55.0 Å². The van der Waals surface area contributed by atoms with E-state index in [9.17, 15) is 14.7 Å². The van der Waals surface area contributed by atoms with Gasteiger partial charge in [0.05, 0.1) is 18.2 Å². The second kappa shape index (κ2) is 8.36. The molecule has 0 bridgehead atoms. The number of benzene rings is 1. The minimum atomic E-state index is -0.235. The molecule has 8 heteroatoms. The van der Waals surface area contributed by atoms with Crippen LogP contribution in [-0.4, -0.2) is 42.9 Å². The lowest BCUT2D eigenvalue weighted by Crippen LogP contribution is -2.41. The van der Waals surface area contributed by atoms with Gasteiger partial charge in [-0.05, 0) is 36.8 Å². The second-order valence-corrected chi connectivity index (χ2v) is 7.32. The molecular weight excluding hydrogens is 382 g/mol. The molecule has 0 unspecified atom stereocenters. The van der Waals surface area contributed by atoms with E-state index in [-0.39, 0.29) is 30.0 Å². The second-order valence-electron chi connectivity index (χ2n) is 7.32. The Labute approximate surface area is 174 Å². The number of rotatable bonds is 5. The van der Waals surface area contributed by atoms with E-state index < -0.39 is 0 Å². The van der Waals surface area contributed by atoms with Gasteiger partial charge in [0.25, 0.3) is 5.91 Å². The van der Waals surface area contributed by atoms with E-state index in [1.54, 1.807) is 29.4 Å². The quantitative estimate of drug-likeness (QED) is 0.677. The molecule has 0 saturated heterocycles. The fourth-order valence-corrected chi connectivity index (χ4v) is 3.64. The summed E-state index contributed by atoms with van der Waals surface area (Å²) in [5.41, 5.74) is 2.05. The van der Waals surface area contributed by atoms with E-state index in [0.29, 0.717) is 30.9 Å². The number of carbonyl (C=O) groups is 2. The summed E-state index contributed by atoms with van der Waals surface area (Å²) in [6, 6.07) is 9.84. The van der Waals surface area contributed by atoms with Crippen molar-refractivity contribution in [1.29, 1.82) is 0 Å². The molecule has 3 heterocycles. The minimum Gasteiger partial charge on any atom is -0.508 e. The number of nitrogens with one attached hydrogen (secondary N) is 1. The van der Waals surface area contributed by atoms with Crippen molar-refractivity contribution >= 4 is 11.8 Å². The molecule has 4 rings (SSSR count). The molecule has 30 heavy (non-hydrogen) atoms. The maximum absolute atomic E-state index is 12.9. The maximum atomic E-state index is 12.9. The van der Waals surface area contributed by atoms with Crippen LogP contribution in [0, 0.1) is 0 Å². The number of imidazole rings is 1. The van der Waals surface area contributed by atoms with Gasteiger partial charge < -0.3 is 19.9 Å². The maximum Gasteiger partial charge on any atom is 0.254 e. The number of amides is 2. The van der Waals surface area contributed by atoms with E-state index in [0.717, 1.165) is 11.4 Å². The molecule has 8 nitrogen and oxygen atoms in total. The number of hydrogen-bond acceptors (Lipinski definition) is 5. The van der Waals surface area contributed by atoms with Crippen molar-refractivity contribution in [3.63, 3.8) is 0 Å². The molecular formula is C22H23N5O3. The van der Waals surface area contributed by atoms with E-state index in [1.165, 1.54) is 12.1 Å². The highest BCUT2D eigenvalue weighted by molar-refractivity contribution is 5.94. The first-order valence-corrected chi connectivity index (χ1v) is 9.83. The van der Waals surface area contributed by atoms with Crippen LogP contribution < -0.4 is 5.32 Å². The molecule has 154 valence electrons. The van der Waals surface area contributed by atoms with Gasteiger partial charge in [0.1, 0.15) is 11.6 Å². The molecule has 1 aliphatic heterocycles. The SMILES string of the molecule is C[C@@H]1c2nc(CC(=O)NCc3cccnc3)cn2CCN1C(=O)c1cccc(O)c1. The zero-order chi connectivity index (χ0) is 21.1. The van der Waals surface area contributed by atoms with Gasteiger partial charge >= 0.3 is 0 Å². The number of carbonyl (C=O) groups excluding carboxylic acids is 2. The van der Waals surface area contributed by atoms with Crippen molar-refractivity contribution in [3.8, 4) is 5.75 Å². The first kappa shape index (κ1) is 19.6. The normalized spacial score (nSPS) is 15.5. The lowest BCUT2D eigenvalue weighted by molar-refractivity contribution is -0.120. The largest absolute Gasteiger partial charge is 0.508 e.